The zero-order valence-electron chi connectivity index (χ0n) is 10.8. The van der Waals surface area contributed by atoms with Crippen LogP contribution in [-0.4, -0.2) is 30.6 Å². The number of methoxy groups -OCH3 is 2. The summed E-state index contributed by atoms with van der Waals surface area (Å²) >= 11 is 0. The van der Waals surface area contributed by atoms with Crippen LogP contribution >= 0.6 is 0 Å². The summed E-state index contributed by atoms with van der Waals surface area (Å²) in [6, 6.07) is 7.64. The highest BCUT2D eigenvalue weighted by atomic mass is 16.7. The Bertz CT molecular complexity index is 530. The van der Waals surface area contributed by atoms with Gasteiger partial charge in [0.15, 0.2) is 6.29 Å². The van der Waals surface area contributed by atoms with E-state index in [2.05, 4.69) is 4.98 Å². The van der Waals surface area contributed by atoms with Crippen LogP contribution in [0.1, 0.15) is 12.5 Å². The first-order valence-corrected chi connectivity index (χ1v) is 5.72. The number of hydrogen-bond donors (Lipinski definition) is 1. The molecule has 1 atom stereocenters. The van der Waals surface area contributed by atoms with Gasteiger partial charge in [-0.1, -0.05) is 18.2 Å². The molecule has 1 heterocycles. The molecule has 1 aromatic carbocycles. The fraction of sp³-hybridized carbons (Fsp3) is 0.357. The van der Waals surface area contributed by atoms with Gasteiger partial charge in [0.25, 0.3) is 0 Å². The van der Waals surface area contributed by atoms with Gasteiger partial charge >= 0.3 is 0 Å². The zero-order valence-corrected chi connectivity index (χ0v) is 10.8. The lowest BCUT2D eigenvalue weighted by molar-refractivity contribution is -0.212. The van der Waals surface area contributed by atoms with Crippen LogP contribution in [0.5, 0.6) is 0 Å². The summed E-state index contributed by atoms with van der Waals surface area (Å²) in [5.41, 5.74) is -0.506. The van der Waals surface area contributed by atoms with E-state index in [1.807, 2.05) is 24.3 Å². The summed E-state index contributed by atoms with van der Waals surface area (Å²) in [7, 11) is 3.01. The average molecular weight is 247 g/mol. The van der Waals surface area contributed by atoms with Crippen molar-refractivity contribution in [1.29, 1.82) is 0 Å². The molecule has 1 aromatic heterocycles. The molecular weight excluding hydrogens is 230 g/mol. The summed E-state index contributed by atoms with van der Waals surface area (Å²) in [4.78, 5) is 4.11. The predicted molar refractivity (Wildman–Crippen MR) is 69.1 cm³/mol. The maximum atomic E-state index is 10.7. The minimum atomic E-state index is -1.24. The molecule has 0 spiro atoms. The van der Waals surface area contributed by atoms with Crippen LogP contribution in [0.4, 0.5) is 0 Å². The van der Waals surface area contributed by atoms with Crippen LogP contribution in [0.15, 0.2) is 36.7 Å². The van der Waals surface area contributed by atoms with Gasteiger partial charge in [-0.05, 0) is 23.9 Å². The van der Waals surface area contributed by atoms with E-state index < -0.39 is 11.9 Å². The second kappa shape index (κ2) is 5.02. The van der Waals surface area contributed by atoms with E-state index in [1.54, 1.807) is 19.3 Å². The number of pyridine rings is 1. The molecule has 4 heteroatoms. The molecule has 18 heavy (non-hydrogen) atoms. The highest BCUT2D eigenvalue weighted by Crippen LogP contribution is 2.32. The molecule has 2 rings (SSSR count). The monoisotopic (exact) mass is 247 g/mol. The maximum absolute atomic E-state index is 10.7. The Balaban J connectivity index is 2.59. The quantitative estimate of drug-likeness (QED) is 0.840. The van der Waals surface area contributed by atoms with Crippen molar-refractivity contribution < 1.29 is 14.6 Å². The molecule has 0 radical (unpaired) electrons. The smallest absolute Gasteiger partial charge is 0.189 e. The number of nitrogens with zero attached hydrogens (tertiary/aromatic N) is 1. The third-order valence-electron chi connectivity index (χ3n) is 3.12. The second-order valence-corrected chi connectivity index (χ2v) is 4.35. The van der Waals surface area contributed by atoms with E-state index >= 15 is 0 Å². The Morgan fingerprint density at radius 2 is 1.94 bits per heavy atom. The Morgan fingerprint density at radius 3 is 2.61 bits per heavy atom. The molecule has 0 aliphatic carbocycles. The van der Waals surface area contributed by atoms with Gasteiger partial charge in [0.2, 0.25) is 0 Å². The number of fused-ring (bicyclic) bond motifs is 1. The van der Waals surface area contributed by atoms with E-state index in [9.17, 15) is 5.11 Å². The Morgan fingerprint density at radius 1 is 1.22 bits per heavy atom. The zero-order chi connectivity index (χ0) is 13.2. The largest absolute Gasteiger partial charge is 0.380 e. The summed E-state index contributed by atoms with van der Waals surface area (Å²) < 4.78 is 10.3. The fourth-order valence-electron chi connectivity index (χ4n) is 2.24. The van der Waals surface area contributed by atoms with E-state index in [0.717, 1.165) is 16.3 Å². The molecule has 0 bridgehead atoms. The minimum absolute atomic E-state index is 0.733. The van der Waals surface area contributed by atoms with Crippen molar-refractivity contribution in [3.63, 3.8) is 0 Å². The number of aliphatic hydroxyl groups is 1. The van der Waals surface area contributed by atoms with E-state index in [0.29, 0.717) is 0 Å². The van der Waals surface area contributed by atoms with Gasteiger partial charge in [-0.15, -0.1) is 0 Å². The summed E-state index contributed by atoms with van der Waals surface area (Å²) in [5, 5.41) is 12.6. The van der Waals surface area contributed by atoms with Gasteiger partial charge in [-0.25, -0.2) is 0 Å². The van der Waals surface area contributed by atoms with Crippen LogP contribution in [-0.2, 0) is 15.1 Å². The highest BCUT2D eigenvalue weighted by molar-refractivity contribution is 5.85. The SMILES string of the molecule is COC(OC)C(C)(O)c1cccc2ccncc12. The lowest BCUT2D eigenvalue weighted by Crippen LogP contribution is -2.39. The molecule has 0 saturated carbocycles. The van der Waals surface area contributed by atoms with Crippen LogP contribution in [0.25, 0.3) is 10.8 Å². The first-order valence-electron chi connectivity index (χ1n) is 5.72. The number of aromatic nitrogens is 1. The number of rotatable bonds is 4. The Kier molecular flexibility index (Phi) is 3.61. The third kappa shape index (κ3) is 2.10. The minimum Gasteiger partial charge on any atom is -0.380 e. The lowest BCUT2D eigenvalue weighted by Gasteiger charge is -2.31. The third-order valence-corrected chi connectivity index (χ3v) is 3.12. The first kappa shape index (κ1) is 13.0. The van der Waals surface area contributed by atoms with Crippen molar-refractivity contribution in [2.45, 2.75) is 18.8 Å². The molecule has 0 aliphatic rings. The summed E-state index contributed by atoms with van der Waals surface area (Å²) in [6.07, 6.45) is 2.73. The normalized spacial score (nSPS) is 14.9. The Labute approximate surface area is 106 Å². The van der Waals surface area contributed by atoms with Crippen molar-refractivity contribution in [1.82, 2.24) is 4.98 Å². The molecule has 2 aromatic rings. The summed E-state index contributed by atoms with van der Waals surface area (Å²) in [5.74, 6) is 0. The van der Waals surface area contributed by atoms with Crippen LogP contribution in [0.2, 0.25) is 0 Å². The second-order valence-electron chi connectivity index (χ2n) is 4.35. The molecule has 0 aliphatic heterocycles. The highest BCUT2D eigenvalue weighted by Gasteiger charge is 2.35. The van der Waals surface area contributed by atoms with E-state index in [-0.39, 0.29) is 0 Å². The molecule has 0 saturated heterocycles. The molecule has 1 unspecified atom stereocenters. The van der Waals surface area contributed by atoms with Crippen molar-refractivity contribution in [3.8, 4) is 0 Å². The first-order chi connectivity index (χ1) is 8.61. The summed E-state index contributed by atoms with van der Waals surface area (Å²) in [6.45, 7) is 1.67. The van der Waals surface area contributed by atoms with Crippen LogP contribution < -0.4 is 0 Å². The molecular formula is C14H17NO3. The standard InChI is InChI=1S/C14H17NO3/c1-14(16,13(17-2)18-3)12-6-4-5-10-7-8-15-9-11(10)12/h4-9,13,16H,1-3H3. The van der Waals surface area contributed by atoms with Crippen molar-refractivity contribution >= 4 is 10.8 Å². The van der Waals surface area contributed by atoms with Gasteiger partial charge in [0, 0.05) is 32.0 Å². The van der Waals surface area contributed by atoms with Gasteiger partial charge in [-0.3, -0.25) is 4.98 Å². The average Bonchev–Trinajstić information content (AvgIpc) is 2.39. The predicted octanol–water partition coefficient (Wildman–Crippen LogP) is 2.06. The number of hydrogen-bond acceptors (Lipinski definition) is 4. The topological polar surface area (TPSA) is 51.6 Å². The van der Waals surface area contributed by atoms with Crippen molar-refractivity contribution in [2.24, 2.45) is 0 Å². The van der Waals surface area contributed by atoms with E-state index in [4.69, 9.17) is 9.47 Å². The Hall–Kier alpha value is -1.49. The van der Waals surface area contributed by atoms with Gasteiger partial charge in [0.05, 0.1) is 0 Å². The fourth-order valence-corrected chi connectivity index (χ4v) is 2.24. The van der Waals surface area contributed by atoms with Crippen LogP contribution in [0.3, 0.4) is 0 Å². The van der Waals surface area contributed by atoms with Crippen molar-refractivity contribution in [3.05, 3.63) is 42.2 Å². The van der Waals surface area contributed by atoms with Gasteiger partial charge < -0.3 is 14.6 Å². The lowest BCUT2D eigenvalue weighted by atomic mass is 9.91. The molecule has 1 N–H and O–H groups in total. The molecule has 96 valence electrons. The van der Waals surface area contributed by atoms with Crippen LogP contribution in [0, 0.1) is 0 Å². The molecule has 4 nitrogen and oxygen atoms in total. The van der Waals surface area contributed by atoms with Gasteiger partial charge in [0.1, 0.15) is 5.60 Å². The van der Waals surface area contributed by atoms with E-state index in [1.165, 1.54) is 14.2 Å². The van der Waals surface area contributed by atoms with Gasteiger partial charge in [-0.2, -0.15) is 0 Å². The maximum Gasteiger partial charge on any atom is 0.189 e. The van der Waals surface area contributed by atoms with Crippen molar-refractivity contribution in [2.75, 3.05) is 14.2 Å². The number of benzene rings is 1. The number of ether oxygens (including phenoxy) is 2. The molecule has 0 amide bonds. The molecule has 0 fully saturated rings.